The van der Waals surface area contributed by atoms with Crippen LogP contribution in [-0.4, -0.2) is 16.9 Å². The molecule has 2 unspecified atom stereocenters. The van der Waals surface area contributed by atoms with Gasteiger partial charge in [0.1, 0.15) is 0 Å². The third kappa shape index (κ3) is 3.29. The molecule has 0 spiro atoms. The minimum Gasteiger partial charge on any atom is -0.356 e. The molecule has 0 bridgehead atoms. The maximum atomic E-state index is 11.3. The minimum atomic E-state index is 0.274. The van der Waals surface area contributed by atoms with Crippen LogP contribution in [0.5, 0.6) is 0 Å². The summed E-state index contributed by atoms with van der Waals surface area (Å²) in [6.45, 7) is 3.00. The first-order valence-corrected chi connectivity index (χ1v) is 6.12. The fourth-order valence-corrected chi connectivity index (χ4v) is 1.79. The van der Waals surface area contributed by atoms with Crippen molar-refractivity contribution < 1.29 is 4.79 Å². The normalized spacial score (nSPS) is 26.8. The molecule has 1 amide bonds. The highest BCUT2D eigenvalue weighted by Gasteiger charge is 2.38. The molecule has 2 nitrogen and oxygen atoms in total. The van der Waals surface area contributed by atoms with E-state index in [-0.39, 0.29) is 5.91 Å². The number of alkyl halides is 1. The SMILES string of the molecule is CC1CC1C(=O)NCCCCI. The summed E-state index contributed by atoms with van der Waals surface area (Å²) in [7, 11) is 0. The summed E-state index contributed by atoms with van der Waals surface area (Å²) >= 11 is 2.36. The standard InChI is InChI=1S/C9H16INO/c1-7-6-8(7)9(12)11-5-3-2-4-10/h7-8H,2-6H2,1H3,(H,11,12). The zero-order chi connectivity index (χ0) is 8.97. The number of halogens is 1. The van der Waals surface area contributed by atoms with Crippen molar-refractivity contribution in [2.45, 2.75) is 26.2 Å². The van der Waals surface area contributed by atoms with Crippen molar-refractivity contribution in [1.29, 1.82) is 0 Å². The van der Waals surface area contributed by atoms with Gasteiger partial charge in [-0.1, -0.05) is 29.5 Å². The lowest BCUT2D eigenvalue weighted by Crippen LogP contribution is -2.26. The van der Waals surface area contributed by atoms with Crippen molar-refractivity contribution >= 4 is 28.5 Å². The van der Waals surface area contributed by atoms with Gasteiger partial charge in [0.05, 0.1) is 0 Å². The monoisotopic (exact) mass is 281 g/mol. The van der Waals surface area contributed by atoms with Crippen LogP contribution in [0.25, 0.3) is 0 Å². The lowest BCUT2D eigenvalue weighted by Gasteiger charge is -2.02. The maximum Gasteiger partial charge on any atom is 0.223 e. The Balaban J connectivity index is 1.96. The van der Waals surface area contributed by atoms with Crippen LogP contribution in [0.4, 0.5) is 0 Å². The first-order valence-electron chi connectivity index (χ1n) is 4.59. The fourth-order valence-electron chi connectivity index (χ4n) is 1.25. The van der Waals surface area contributed by atoms with Crippen LogP contribution in [0.3, 0.4) is 0 Å². The Kier molecular flexibility index (Phi) is 4.32. The molecule has 2 atom stereocenters. The van der Waals surface area contributed by atoms with Crippen LogP contribution in [0.2, 0.25) is 0 Å². The summed E-state index contributed by atoms with van der Waals surface area (Å²) in [4.78, 5) is 11.3. The second kappa shape index (κ2) is 5.04. The second-order valence-corrected chi connectivity index (χ2v) is 4.59. The number of hydrogen-bond donors (Lipinski definition) is 1. The van der Waals surface area contributed by atoms with E-state index in [9.17, 15) is 4.79 Å². The third-order valence-electron chi connectivity index (χ3n) is 2.31. The first kappa shape index (κ1) is 10.3. The predicted octanol–water partition coefficient (Wildman–Crippen LogP) is 1.97. The van der Waals surface area contributed by atoms with Gasteiger partial charge in [0, 0.05) is 12.5 Å². The van der Waals surface area contributed by atoms with Gasteiger partial charge in [-0.05, 0) is 29.6 Å². The van der Waals surface area contributed by atoms with Crippen molar-refractivity contribution in [3.05, 3.63) is 0 Å². The highest BCUT2D eigenvalue weighted by Crippen LogP contribution is 2.37. The molecule has 12 heavy (non-hydrogen) atoms. The number of carbonyl (C=O) groups is 1. The van der Waals surface area contributed by atoms with E-state index in [0.29, 0.717) is 11.8 Å². The van der Waals surface area contributed by atoms with E-state index < -0.39 is 0 Å². The number of rotatable bonds is 5. The Morgan fingerprint density at radius 1 is 1.58 bits per heavy atom. The van der Waals surface area contributed by atoms with Crippen LogP contribution in [0.15, 0.2) is 0 Å². The molecule has 1 fully saturated rings. The summed E-state index contributed by atoms with van der Waals surface area (Å²) in [5, 5.41) is 2.97. The lowest BCUT2D eigenvalue weighted by molar-refractivity contribution is -0.122. The summed E-state index contributed by atoms with van der Waals surface area (Å²) in [5.74, 6) is 1.25. The summed E-state index contributed by atoms with van der Waals surface area (Å²) in [6, 6.07) is 0. The molecule has 1 N–H and O–H groups in total. The first-order chi connectivity index (χ1) is 5.75. The topological polar surface area (TPSA) is 29.1 Å². The fraction of sp³-hybridized carbons (Fsp3) is 0.889. The van der Waals surface area contributed by atoms with Gasteiger partial charge >= 0.3 is 0 Å². The summed E-state index contributed by atoms with van der Waals surface area (Å²) in [6.07, 6.45) is 3.43. The van der Waals surface area contributed by atoms with Crippen LogP contribution in [0.1, 0.15) is 26.2 Å². The molecule has 0 aromatic rings. The van der Waals surface area contributed by atoms with Gasteiger partial charge < -0.3 is 5.32 Å². The van der Waals surface area contributed by atoms with Crippen molar-refractivity contribution in [2.75, 3.05) is 11.0 Å². The predicted molar refractivity (Wildman–Crippen MR) is 58.4 cm³/mol. The van der Waals surface area contributed by atoms with E-state index in [1.165, 1.54) is 10.8 Å². The molecule has 1 aliphatic carbocycles. The van der Waals surface area contributed by atoms with Crippen LogP contribution >= 0.6 is 22.6 Å². The van der Waals surface area contributed by atoms with Crippen LogP contribution < -0.4 is 5.32 Å². The maximum absolute atomic E-state index is 11.3. The average molecular weight is 281 g/mol. The smallest absolute Gasteiger partial charge is 0.223 e. The summed E-state index contributed by atoms with van der Waals surface area (Å²) in [5.41, 5.74) is 0. The van der Waals surface area contributed by atoms with Crippen LogP contribution in [-0.2, 0) is 4.79 Å². The van der Waals surface area contributed by atoms with Gasteiger partial charge in [-0.3, -0.25) is 4.79 Å². The van der Waals surface area contributed by atoms with E-state index >= 15 is 0 Å². The molecule has 0 radical (unpaired) electrons. The number of unbranched alkanes of at least 4 members (excludes halogenated alkanes) is 1. The average Bonchev–Trinajstić information content (AvgIpc) is 2.76. The van der Waals surface area contributed by atoms with Crippen molar-refractivity contribution in [2.24, 2.45) is 11.8 Å². The largest absolute Gasteiger partial charge is 0.356 e. The molecular formula is C9H16INO. The zero-order valence-electron chi connectivity index (χ0n) is 7.48. The van der Waals surface area contributed by atoms with Gasteiger partial charge in [0.2, 0.25) is 5.91 Å². The number of hydrogen-bond acceptors (Lipinski definition) is 1. The van der Waals surface area contributed by atoms with E-state index in [1.54, 1.807) is 0 Å². The number of nitrogens with one attached hydrogen (secondary N) is 1. The second-order valence-electron chi connectivity index (χ2n) is 3.51. The van der Waals surface area contributed by atoms with E-state index in [4.69, 9.17) is 0 Å². The Morgan fingerprint density at radius 3 is 2.75 bits per heavy atom. The molecule has 1 rings (SSSR count). The highest BCUT2D eigenvalue weighted by molar-refractivity contribution is 14.1. The minimum absolute atomic E-state index is 0.274. The van der Waals surface area contributed by atoms with Gasteiger partial charge in [-0.15, -0.1) is 0 Å². The van der Waals surface area contributed by atoms with Gasteiger partial charge in [-0.25, -0.2) is 0 Å². The molecule has 0 aromatic carbocycles. The molecule has 0 aliphatic heterocycles. The van der Waals surface area contributed by atoms with Crippen molar-refractivity contribution in [3.63, 3.8) is 0 Å². The van der Waals surface area contributed by atoms with Crippen molar-refractivity contribution in [3.8, 4) is 0 Å². The Hall–Kier alpha value is 0.200. The van der Waals surface area contributed by atoms with E-state index in [1.807, 2.05) is 0 Å². The number of carbonyl (C=O) groups excluding carboxylic acids is 1. The molecule has 1 saturated carbocycles. The molecule has 70 valence electrons. The molecule has 0 aromatic heterocycles. The highest BCUT2D eigenvalue weighted by atomic mass is 127. The van der Waals surface area contributed by atoms with Gasteiger partial charge in [0.15, 0.2) is 0 Å². The van der Waals surface area contributed by atoms with E-state index in [2.05, 4.69) is 34.8 Å². The Bertz CT molecular complexity index is 161. The zero-order valence-corrected chi connectivity index (χ0v) is 9.63. The number of amides is 1. The molecule has 0 heterocycles. The lowest BCUT2D eigenvalue weighted by atomic mass is 10.3. The molecule has 3 heteroatoms. The third-order valence-corrected chi connectivity index (χ3v) is 3.07. The molecule has 1 aliphatic rings. The molecule has 0 saturated heterocycles. The van der Waals surface area contributed by atoms with Gasteiger partial charge in [-0.2, -0.15) is 0 Å². The Morgan fingerprint density at radius 2 is 2.25 bits per heavy atom. The molecular weight excluding hydrogens is 265 g/mol. The van der Waals surface area contributed by atoms with Gasteiger partial charge in [0.25, 0.3) is 0 Å². The quantitative estimate of drug-likeness (QED) is 0.466. The van der Waals surface area contributed by atoms with E-state index in [0.717, 1.165) is 19.4 Å². The summed E-state index contributed by atoms with van der Waals surface area (Å²) < 4.78 is 1.19. The van der Waals surface area contributed by atoms with Crippen molar-refractivity contribution in [1.82, 2.24) is 5.32 Å². The van der Waals surface area contributed by atoms with Crippen LogP contribution in [0, 0.1) is 11.8 Å². The Labute approximate surface area is 87.6 Å².